The highest BCUT2D eigenvalue weighted by Gasteiger charge is 2.10. The lowest BCUT2D eigenvalue weighted by atomic mass is 10.1. The normalized spacial score (nSPS) is 10.8. The molecule has 0 aliphatic carbocycles. The summed E-state index contributed by atoms with van der Waals surface area (Å²) in [5.41, 5.74) is 2.66. The molecule has 1 heterocycles. The van der Waals surface area contributed by atoms with Gasteiger partial charge in [0.2, 0.25) is 5.89 Å². The molecule has 0 N–H and O–H groups in total. The maximum absolute atomic E-state index is 8.96. The van der Waals surface area contributed by atoms with Gasteiger partial charge in [0.25, 0.3) is 0 Å². The molecule has 0 saturated carbocycles. The van der Waals surface area contributed by atoms with Gasteiger partial charge in [-0.15, -0.1) is 0 Å². The topological polar surface area (TPSA) is 53.1 Å². The van der Waals surface area contributed by atoms with E-state index in [1.807, 2.05) is 49.5 Å². The van der Waals surface area contributed by atoms with Crippen molar-refractivity contribution in [3.63, 3.8) is 0 Å². The smallest absolute Gasteiger partial charge is 0.209 e. The van der Waals surface area contributed by atoms with Crippen LogP contribution in [0.3, 0.4) is 0 Å². The minimum Gasteiger partial charge on any atom is -0.439 e. The standard InChI is InChI=1S/C19H16ClN3O/c1-23(12-15-5-2-4-14(8-15)10-21)13-19-22-11-18(24-19)16-6-3-7-17(20)9-16/h2-9,11H,12-13H2,1H3. The van der Waals surface area contributed by atoms with E-state index in [1.165, 1.54) is 0 Å². The molecule has 4 nitrogen and oxygen atoms in total. The number of aromatic nitrogens is 1. The summed E-state index contributed by atoms with van der Waals surface area (Å²) in [6, 6.07) is 17.2. The zero-order valence-electron chi connectivity index (χ0n) is 13.2. The van der Waals surface area contributed by atoms with Gasteiger partial charge in [0, 0.05) is 17.1 Å². The van der Waals surface area contributed by atoms with E-state index in [2.05, 4.69) is 16.0 Å². The van der Waals surface area contributed by atoms with Crippen molar-refractivity contribution >= 4 is 11.6 Å². The van der Waals surface area contributed by atoms with E-state index in [0.717, 1.165) is 11.1 Å². The second-order valence-corrected chi connectivity index (χ2v) is 6.05. The third-order valence-electron chi connectivity index (χ3n) is 3.58. The third kappa shape index (κ3) is 4.02. The van der Waals surface area contributed by atoms with Crippen molar-refractivity contribution in [2.45, 2.75) is 13.1 Å². The van der Waals surface area contributed by atoms with Crippen LogP contribution in [0.15, 0.2) is 59.1 Å². The fourth-order valence-corrected chi connectivity index (χ4v) is 2.69. The van der Waals surface area contributed by atoms with Crippen molar-refractivity contribution in [1.29, 1.82) is 5.26 Å². The Labute approximate surface area is 145 Å². The lowest BCUT2D eigenvalue weighted by Gasteiger charge is -2.14. The first kappa shape index (κ1) is 16.3. The van der Waals surface area contributed by atoms with Crippen LogP contribution in [0.1, 0.15) is 17.0 Å². The number of oxazole rings is 1. The summed E-state index contributed by atoms with van der Waals surface area (Å²) >= 11 is 6.01. The predicted octanol–water partition coefficient (Wildman–Crippen LogP) is 4.50. The number of nitrogens with zero attached hydrogens (tertiary/aromatic N) is 3. The largest absolute Gasteiger partial charge is 0.439 e. The van der Waals surface area contributed by atoms with Crippen molar-refractivity contribution in [3.8, 4) is 17.4 Å². The number of nitriles is 1. The molecule has 0 aliphatic rings. The quantitative estimate of drug-likeness (QED) is 0.688. The molecule has 1 aromatic heterocycles. The van der Waals surface area contributed by atoms with Crippen LogP contribution in [0.4, 0.5) is 0 Å². The lowest BCUT2D eigenvalue weighted by Crippen LogP contribution is -2.17. The van der Waals surface area contributed by atoms with E-state index in [0.29, 0.717) is 35.3 Å². The van der Waals surface area contributed by atoms with Gasteiger partial charge in [-0.05, 0) is 36.9 Å². The highest BCUT2D eigenvalue weighted by atomic mass is 35.5. The molecule has 0 fully saturated rings. The predicted molar refractivity (Wildman–Crippen MR) is 93.3 cm³/mol. The molecular weight excluding hydrogens is 322 g/mol. The van der Waals surface area contributed by atoms with Gasteiger partial charge in [-0.1, -0.05) is 35.9 Å². The van der Waals surface area contributed by atoms with Crippen LogP contribution in [0.5, 0.6) is 0 Å². The molecule has 0 unspecified atom stereocenters. The van der Waals surface area contributed by atoms with Gasteiger partial charge >= 0.3 is 0 Å². The number of hydrogen-bond acceptors (Lipinski definition) is 4. The molecule has 3 rings (SSSR count). The minimum atomic E-state index is 0.581. The van der Waals surface area contributed by atoms with Crippen LogP contribution in [0, 0.1) is 11.3 Å². The van der Waals surface area contributed by atoms with Crippen molar-refractivity contribution < 1.29 is 4.42 Å². The lowest BCUT2D eigenvalue weighted by molar-refractivity contribution is 0.283. The molecular formula is C19H16ClN3O. The fourth-order valence-electron chi connectivity index (χ4n) is 2.50. The van der Waals surface area contributed by atoms with Gasteiger partial charge < -0.3 is 4.42 Å². The molecule has 0 aliphatic heterocycles. The molecule has 24 heavy (non-hydrogen) atoms. The summed E-state index contributed by atoms with van der Waals surface area (Å²) in [5.74, 6) is 1.34. The first-order valence-corrected chi connectivity index (χ1v) is 7.90. The van der Waals surface area contributed by atoms with Crippen LogP contribution in [-0.4, -0.2) is 16.9 Å². The van der Waals surface area contributed by atoms with Gasteiger partial charge in [0.05, 0.1) is 24.4 Å². The van der Waals surface area contributed by atoms with E-state index >= 15 is 0 Å². The summed E-state index contributed by atoms with van der Waals surface area (Å²) in [5, 5.41) is 9.63. The first-order valence-electron chi connectivity index (χ1n) is 7.52. The molecule has 0 saturated heterocycles. The van der Waals surface area contributed by atoms with E-state index in [9.17, 15) is 0 Å². The van der Waals surface area contributed by atoms with Crippen molar-refractivity contribution in [3.05, 3.63) is 76.8 Å². The Morgan fingerprint density at radius 3 is 2.79 bits per heavy atom. The Morgan fingerprint density at radius 2 is 2.00 bits per heavy atom. The Balaban J connectivity index is 1.67. The Morgan fingerprint density at radius 1 is 1.17 bits per heavy atom. The van der Waals surface area contributed by atoms with E-state index in [-0.39, 0.29) is 0 Å². The summed E-state index contributed by atoms with van der Waals surface area (Å²) in [6.07, 6.45) is 1.71. The number of benzene rings is 2. The van der Waals surface area contributed by atoms with E-state index in [1.54, 1.807) is 12.3 Å². The van der Waals surface area contributed by atoms with Crippen LogP contribution < -0.4 is 0 Å². The number of halogens is 1. The van der Waals surface area contributed by atoms with Gasteiger partial charge in [0.1, 0.15) is 0 Å². The molecule has 0 bridgehead atoms. The number of rotatable bonds is 5. The molecule has 3 aromatic rings. The summed E-state index contributed by atoms with van der Waals surface area (Å²) in [4.78, 5) is 6.42. The maximum atomic E-state index is 8.96. The van der Waals surface area contributed by atoms with Crippen LogP contribution in [0.2, 0.25) is 5.02 Å². The molecule has 0 radical (unpaired) electrons. The van der Waals surface area contributed by atoms with Gasteiger partial charge in [0.15, 0.2) is 5.76 Å². The van der Waals surface area contributed by atoms with Crippen LogP contribution >= 0.6 is 11.6 Å². The molecule has 2 aromatic carbocycles. The van der Waals surface area contributed by atoms with E-state index in [4.69, 9.17) is 21.3 Å². The van der Waals surface area contributed by atoms with Crippen LogP contribution in [0.25, 0.3) is 11.3 Å². The van der Waals surface area contributed by atoms with Crippen molar-refractivity contribution in [2.24, 2.45) is 0 Å². The molecule has 0 spiro atoms. The van der Waals surface area contributed by atoms with E-state index < -0.39 is 0 Å². The third-order valence-corrected chi connectivity index (χ3v) is 3.81. The van der Waals surface area contributed by atoms with Gasteiger partial charge in [-0.3, -0.25) is 4.90 Å². The average molecular weight is 338 g/mol. The summed E-state index contributed by atoms with van der Waals surface area (Å²) in [7, 11) is 1.99. The SMILES string of the molecule is CN(Cc1cccc(C#N)c1)Cc1ncc(-c2cccc(Cl)c2)o1. The molecule has 120 valence electrons. The zero-order valence-corrected chi connectivity index (χ0v) is 14.0. The molecule has 0 amide bonds. The molecule has 0 atom stereocenters. The Kier molecular flexibility index (Phi) is 4.95. The second-order valence-electron chi connectivity index (χ2n) is 5.61. The van der Waals surface area contributed by atoms with Crippen molar-refractivity contribution in [1.82, 2.24) is 9.88 Å². The minimum absolute atomic E-state index is 0.581. The van der Waals surface area contributed by atoms with Crippen LogP contribution in [-0.2, 0) is 13.1 Å². The molecule has 5 heteroatoms. The van der Waals surface area contributed by atoms with Gasteiger partial charge in [-0.2, -0.15) is 5.26 Å². The monoisotopic (exact) mass is 337 g/mol. The summed E-state index contributed by atoms with van der Waals surface area (Å²) in [6.45, 7) is 1.29. The average Bonchev–Trinajstić information content (AvgIpc) is 3.03. The number of hydrogen-bond donors (Lipinski definition) is 0. The highest BCUT2D eigenvalue weighted by Crippen LogP contribution is 2.23. The summed E-state index contributed by atoms with van der Waals surface area (Å²) < 4.78 is 5.81. The first-order chi connectivity index (χ1) is 11.6. The van der Waals surface area contributed by atoms with Gasteiger partial charge in [-0.25, -0.2) is 4.98 Å². The second kappa shape index (κ2) is 7.31. The highest BCUT2D eigenvalue weighted by molar-refractivity contribution is 6.30. The Hall–Kier alpha value is -2.61. The fraction of sp³-hybridized carbons (Fsp3) is 0.158. The Bertz CT molecular complexity index is 882. The zero-order chi connectivity index (χ0) is 16.9. The maximum Gasteiger partial charge on any atom is 0.209 e. The van der Waals surface area contributed by atoms with Crippen molar-refractivity contribution in [2.75, 3.05) is 7.05 Å².